The minimum atomic E-state index is 0.0699. The van der Waals surface area contributed by atoms with Crippen molar-refractivity contribution < 1.29 is 4.79 Å². The second-order valence-corrected chi connectivity index (χ2v) is 4.53. The lowest BCUT2D eigenvalue weighted by Crippen LogP contribution is -1.99. The van der Waals surface area contributed by atoms with E-state index in [9.17, 15) is 4.79 Å². The van der Waals surface area contributed by atoms with Crippen molar-refractivity contribution in [2.24, 2.45) is 0 Å². The zero-order valence-corrected chi connectivity index (χ0v) is 9.96. The van der Waals surface area contributed by atoms with Crippen LogP contribution in [0.5, 0.6) is 0 Å². The number of hydrogen-bond donors (Lipinski definition) is 0. The summed E-state index contributed by atoms with van der Waals surface area (Å²) in [5, 5.41) is 0. The molecule has 0 N–H and O–H groups in total. The lowest BCUT2D eigenvalue weighted by atomic mass is 10.0. The fraction of sp³-hybridized carbons (Fsp3) is 0.231. The lowest BCUT2D eigenvalue weighted by Gasteiger charge is -2.02. The molecule has 0 aliphatic heterocycles. The number of hydrogen-bond acceptors (Lipinski definition) is 3. The number of carbonyl (C=O) groups excluding carboxylic acids is 1. The summed E-state index contributed by atoms with van der Waals surface area (Å²) in [7, 11) is 0. The van der Waals surface area contributed by atoms with Crippen LogP contribution in [-0.4, -0.2) is 10.8 Å². The number of nitrogens with zero attached hydrogens (tertiary/aromatic N) is 1. The van der Waals surface area contributed by atoms with Crippen molar-refractivity contribution >= 4 is 17.1 Å². The molecule has 0 aliphatic rings. The van der Waals surface area contributed by atoms with Crippen LogP contribution in [0.25, 0.3) is 0 Å². The van der Waals surface area contributed by atoms with Gasteiger partial charge in [0.2, 0.25) is 5.78 Å². The van der Waals surface area contributed by atoms with Gasteiger partial charge in [0.15, 0.2) is 0 Å². The highest BCUT2D eigenvalue weighted by Crippen LogP contribution is 2.15. The molecule has 0 bridgehead atoms. The summed E-state index contributed by atoms with van der Waals surface area (Å²) in [6.45, 7) is 2.14. The first-order valence-electron chi connectivity index (χ1n) is 5.33. The Balaban J connectivity index is 2.27. The summed E-state index contributed by atoms with van der Waals surface area (Å²) in [6.07, 6.45) is 3.74. The number of ketones is 1. The van der Waals surface area contributed by atoms with Crippen molar-refractivity contribution in [1.82, 2.24) is 4.98 Å². The normalized spacial score (nSPS) is 10.3. The average Bonchev–Trinajstić information content (AvgIpc) is 2.82. The number of carbonyl (C=O) groups is 1. The highest BCUT2D eigenvalue weighted by molar-refractivity contribution is 7.11. The van der Waals surface area contributed by atoms with E-state index >= 15 is 0 Å². The quantitative estimate of drug-likeness (QED) is 0.755. The highest BCUT2D eigenvalue weighted by atomic mass is 32.1. The number of rotatable bonds is 4. The summed E-state index contributed by atoms with van der Waals surface area (Å²) in [4.78, 5) is 16.7. The molecular weight excluding hydrogens is 218 g/mol. The van der Waals surface area contributed by atoms with Crippen LogP contribution < -0.4 is 0 Å². The molecule has 0 fully saturated rings. The molecule has 3 heteroatoms. The zero-order chi connectivity index (χ0) is 11.4. The predicted molar refractivity (Wildman–Crippen MR) is 66.0 cm³/mol. The van der Waals surface area contributed by atoms with Gasteiger partial charge >= 0.3 is 0 Å². The first-order valence-corrected chi connectivity index (χ1v) is 6.21. The second-order valence-electron chi connectivity index (χ2n) is 3.65. The Bertz CT molecular complexity index is 476. The van der Waals surface area contributed by atoms with Crippen LogP contribution in [-0.2, 0) is 6.42 Å². The third kappa shape index (κ3) is 2.36. The van der Waals surface area contributed by atoms with Crippen molar-refractivity contribution in [3.8, 4) is 0 Å². The van der Waals surface area contributed by atoms with Gasteiger partial charge in [-0.05, 0) is 18.1 Å². The number of aromatic nitrogens is 1. The summed E-state index contributed by atoms with van der Waals surface area (Å²) < 4.78 is 0. The monoisotopic (exact) mass is 231 g/mol. The standard InChI is InChI=1S/C13H13NOS/c1-2-4-10-5-3-6-11(7-10)13(15)12-8-14-9-16-12/h3,5-9H,2,4H2,1H3. The molecule has 2 rings (SSSR count). The van der Waals surface area contributed by atoms with E-state index in [2.05, 4.69) is 18.0 Å². The SMILES string of the molecule is CCCc1cccc(C(=O)c2cncs2)c1. The maximum absolute atomic E-state index is 12.0. The van der Waals surface area contributed by atoms with Crippen LogP contribution in [0.1, 0.15) is 34.1 Å². The van der Waals surface area contributed by atoms with Gasteiger partial charge in [0.1, 0.15) is 0 Å². The highest BCUT2D eigenvalue weighted by Gasteiger charge is 2.10. The van der Waals surface area contributed by atoms with Gasteiger partial charge in [0.25, 0.3) is 0 Å². The minimum Gasteiger partial charge on any atom is -0.288 e. The molecule has 0 amide bonds. The van der Waals surface area contributed by atoms with Crippen molar-refractivity contribution in [1.29, 1.82) is 0 Å². The van der Waals surface area contributed by atoms with E-state index in [1.165, 1.54) is 16.9 Å². The molecule has 82 valence electrons. The molecule has 2 nitrogen and oxygen atoms in total. The molecule has 1 aromatic carbocycles. The van der Waals surface area contributed by atoms with E-state index in [0.29, 0.717) is 4.88 Å². The van der Waals surface area contributed by atoms with Gasteiger partial charge in [0.05, 0.1) is 10.4 Å². The largest absolute Gasteiger partial charge is 0.288 e. The van der Waals surface area contributed by atoms with Crippen LogP contribution in [0, 0.1) is 0 Å². The smallest absolute Gasteiger partial charge is 0.204 e. The second kappa shape index (κ2) is 5.03. The van der Waals surface area contributed by atoms with Crippen molar-refractivity contribution in [3.63, 3.8) is 0 Å². The van der Waals surface area contributed by atoms with E-state index in [-0.39, 0.29) is 5.78 Å². The van der Waals surface area contributed by atoms with Crippen LogP contribution in [0.2, 0.25) is 0 Å². The first-order chi connectivity index (χ1) is 7.81. The van der Waals surface area contributed by atoms with Crippen LogP contribution in [0.4, 0.5) is 0 Å². The van der Waals surface area contributed by atoms with E-state index in [1.807, 2.05) is 18.2 Å². The van der Waals surface area contributed by atoms with E-state index in [0.717, 1.165) is 18.4 Å². The molecule has 0 radical (unpaired) electrons. The molecule has 0 spiro atoms. The molecule has 1 heterocycles. The summed E-state index contributed by atoms with van der Waals surface area (Å²) in [5.74, 6) is 0.0699. The van der Waals surface area contributed by atoms with E-state index in [1.54, 1.807) is 11.7 Å². The molecule has 0 unspecified atom stereocenters. The third-order valence-electron chi connectivity index (χ3n) is 2.38. The Hall–Kier alpha value is -1.48. The van der Waals surface area contributed by atoms with Gasteiger partial charge in [-0.3, -0.25) is 9.78 Å². The third-order valence-corrected chi connectivity index (χ3v) is 3.16. The molecule has 1 aromatic heterocycles. The van der Waals surface area contributed by atoms with E-state index < -0.39 is 0 Å². The fourth-order valence-electron chi connectivity index (χ4n) is 1.63. The Morgan fingerprint density at radius 1 is 1.44 bits per heavy atom. The van der Waals surface area contributed by atoms with Crippen LogP contribution >= 0.6 is 11.3 Å². The predicted octanol–water partition coefficient (Wildman–Crippen LogP) is 3.33. The topological polar surface area (TPSA) is 30.0 Å². The van der Waals surface area contributed by atoms with Gasteiger partial charge in [0, 0.05) is 11.8 Å². The van der Waals surface area contributed by atoms with E-state index in [4.69, 9.17) is 0 Å². The fourth-order valence-corrected chi connectivity index (χ4v) is 2.21. The Kier molecular flexibility index (Phi) is 3.47. The van der Waals surface area contributed by atoms with Crippen molar-refractivity contribution in [3.05, 3.63) is 52.0 Å². The molecule has 2 aromatic rings. The zero-order valence-electron chi connectivity index (χ0n) is 9.14. The Morgan fingerprint density at radius 2 is 2.31 bits per heavy atom. The van der Waals surface area contributed by atoms with Crippen LogP contribution in [0.3, 0.4) is 0 Å². The summed E-state index contributed by atoms with van der Waals surface area (Å²) >= 11 is 1.38. The van der Waals surface area contributed by atoms with Gasteiger partial charge in [-0.15, -0.1) is 11.3 Å². The van der Waals surface area contributed by atoms with Crippen LogP contribution in [0.15, 0.2) is 36.0 Å². The molecule has 0 atom stereocenters. The molecule has 0 aliphatic carbocycles. The number of benzene rings is 1. The maximum Gasteiger partial charge on any atom is 0.204 e. The Labute approximate surface area is 99.0 Å². The average molecular weight is 231 g/mol. The lowest BCUT2D eigenvalue weighted by molar-refractivity contribution is 0.104. The van der Waals surface area contributed by atoms with Gasteiger partial charge in [-0.1, -0.05) is 31.5 Å². The molecule has 0 saturated heterocycles. The first kappa shape index (κ1) is 11.0. The number of thiazole rings is 1. The van der Waals surface area contributed by atoms with Gasteiger partial charge in [-0.2, -0.15) is 0 Å². The Morgan fingerprint density at radius 3 is 3.00 bits per heavy atom. The van der Waals surface area contributed by atoms with Gasteiger partial charge in [-0.25, -0.2) is 0 Å². The summed E-state index contributed by atoms with van der Waals surface area (Å²) in [6, 6.07) is 7.85. The number of aryl methyl sites for hydroxylation is 1. The maximum atomic E-state index is 12.0. The summed E-state index contributed by atoms with van der Waals surface area (Å²) in [5.41, 5.74) is 3.66. The molecule has 0 saturated carbocycles. The van der Waals surface area contributed by atoms with Crippen molar-refractivity contribution in [2.75, 3.05) is 0 Å². The van der Waals surface area contributed by atoms with Gasteiger partial charge < -0.3 is 0 Å². The molecular formula is C13H13NOS. The molecule has 16 heavy (non-hydrogen) atoms. The van der Waals surface area contributed by atoms with Crippen molar-refractivity contribution in [2.45, 2.75) is 19.8 Å². The minimum absolute atomic E-state index is 0.0699.